The molecular formula is C20H36O12. The van der Waals surface area contributed by atoms with E-state index in [1.54, 1.807) is 0 Å². The van der Waals surface area contributed by atoms with Crippen LogP contribution in [0.4, 0.5) is 0 Å². The van der Waals surface area contributed by atoms with Gasteiger partial charge in [-0.1, -0.05) is 26.7 Å². The Morgan fingerprint density at radius 2 is 1.69 bits per heavy atom. The molecule has 0 aliphatic carbocycles. The molecular weight excluding hydrogens is 432 g/mol. The summed E-state index contributed by atoms with van der Waals surface area (Å²) in [6, 6.07) is 0. The molecule has 1 unspecified atom stereocenters. The van der Waals surface area contributed by atoms with Crippen LogP contribution >= 0.6 is 0 Å². The minimum absolute atomic E-state index is 0.324. The molecule has 2 heterocycles. The number of aliphatic hydroxyl groups is 7. The van der Waals surface area contributed by atoms with Crippen LogP contribution in [0, 0.1) is 5.92 Å². The maximum absolute atomic E-state index is 12.3. The Morgan fingerprint density at radius 3 is 2.22 bits per heavy atom. The fourth-order valence-electron chi connectivity index (χ4n) is 3.84. The van der Waals surface area contributed by atoms with E-state index in [0.717, 1.165) is 12.8 Å². The van der Waals surface area contributed by atoms with Gasteiger partial charge in [-0.05, 0) is 12.8 Å². The van der Waals surface area contributed by atoms with Gasteiger partial charge in [-0.25, -0.2) is 0 Å². The fourth-order valence-corrected chi connectivity index (χ4v) is 3.84. The SMILES string of the molecule is CCCCC(CC)C(=O)OC[C@H]1O[C@H](O[C@]2(CO)O[C@H](CO)[C@@H](O)[C@@H]2O)[C@H](O)[C@@H](O)[C@@H]1O. The van der Waals surface area contributed by atoms with Crippen LogP contribution in [0.5, 0.6) is 0 Å². The molecule has 2 aliphatic heterocycles. The van der Waals surface area contributed by atoms with Gasteiger partial charge in [0.2, 0.25) is 5.79 Å². The van der Waals surface area contributed by atoms with Crippen molar-refractivity contribution in [3.63, 3.8) is 0 Å². The minimum Gasteiger partial charge on any atom is -0.463 e. The lowest BCUT2D eigenvalue weighted by Crippen LogP contribution is -2.63. The van der Waals surface area contributed by atoms with Gasteiger partial charge in [-0.3, -0.25) is 4.79 Å². The average Bonchev–Trinajstić information content (AvgIpc) is 3.04. The van der Waals surface area contributed by atoms with Crippen LogP contribution in [0.15, 0.2) is 0 Å². The molecule has 10 atom stereocenters. The van der Waals surface area contributed by atoms with E-state index in [9.17, 15) is 40.5 Å². The second kappa shape index (κ2) is 12.0. The Morgan fingerprint density at radius 1 is 1.00 bits per heavy atom. The van der Waals surface area contributed by atoms with E-state index in [4.69, 9.17) is 18.9 Å². The number of rotatable bonds is 11. The topological polar surface area (TPSA) is 196 Å². The number of aliphatic hydroxyl groups excluding tert-OH is 7. The molecule has 0 bridgehead atoms. The van der Waals surface area contributed by atoms with Crippen LogP contribution in [-0.4, -0.2) is 116 Å². The number of hydrogen-bond donors (Lipinski definition) is 7. The largest absolute Gasteiger partial charge is 0.463 e. The molecule has 7 N–H and O–H groups in total. The molecule has 2 fully saturated rings. The maximum Gasteiger partial charge on any atom is 0.309 e. The smallest absolute Gasteiger partial charge is 0.309 e. The second-order valence-corrected chi connectivity index (χ2v) is 8.25. The molecule has 32 heavy (non-hydrogen) atoms. The Kier molecular flexibility index (Phi) is 10.2. The summed E-state index contributed by atoms with van der Waals surface area (Å²) in [6.45, 7) is 1.75. The summed E-state index contributed by atoms with van der Waals surface area (Å²) in [7, 11) is 0. The summed E-state index contributed by atoms with van der Waals surface area (Å²) < 4.78 is 21.4. The number of esters is 1. The van der Waals surface area contributed by atoms with Crippen molar-refractivity contribution >= 4 is 5.97 Å². The van der Waals surface area contributed by atoms with Gasteiger partial charge < -0.3 is 54.7 Å². The zero-order valence-corrected chi connectivity index (χ0v) is 18.3. The van der Waals surface area contributed by atoms with Crippen LogP contribution in [0.3, 0.4) is 0 Å². The van der Waals surface area contributed by atoms with E-state index in [-0.39, 0.29) is 5.92 Å². The summed E-state index contributed by atoms with van der Waals surface area (Å²) >= 11 is 0. The van der Waals surface area contributed by atoms with E-state index in [2.05, 4.69) is 0 Å². The Balaban J connectivity index is 2.07. The van der Waals surface area contributed by atoms with Crippen LogP contribution in [0.1, 0.15) is 39.5 Å². The van der Waals surface area contributed by atoms with Gasteiger partial charge in [-0.15, -0.1) is 0 Å². The Hall–Kier alpha value is -0.930. The third-order valence-electron chi connectivity index (χ3n) is 6.01. The number of carbonyl (C=O) groups is 1. The molecule has 0 aromatic heterocycles. The molecule has 2 saturated heterocycles. The van der Waals surface area contributed by atoms with Gasteiger partial charge in [0.1, 0.15) is 55.9 Å². The number of ether oxygens (including phenoxy) is 4. The van der Waals surface area contributed by atoms with Crippen LogP contribution in [0.25, 0.3) is 0 Å². The number of hydrogen-bond acceptors (Lipinski definition) is 12. The first-order chi connectivity index (χ1) is 15.1. The van der Waals surface area contributed by atoms with Crippen molar-refractivity contribution in [2.75, 3.05) is 19.8 Å². The molecule has 12 nitrogen and oxygen atoms in total. The van der Waals surface area contributed by atoms with Crippen molar-refractivity contribution in [1.29, 1.82) is 0 Å². The van der Waals surface area contributed by atoms with Gasteiger partial charge in [0.05, 0.1) is 12.5 Å². The summed E-state index contributed by atoms with van der Waals surface area (Å²) in [4.78, 5) is 12.3. The molecule has 12 heteroatoms. The van der Waals surface area contributed by atoms with E-state index in [0.29, 0.717) is 12.8 Å². The van der Waals surface area contributed by atoms with Gasteiger partial charge in [0, 0.05) is 0 Å². The predicted octanol–water partition coefficient (Wildman–Crippen LogP) is -2.63. The Labute approximate surface area is 186 Å². The summed E-state index contributed by atoms with van der Waals surface area (Å²) in [6.07, 6.45) is -9.95. The van der Waals surface area contributed by atoms with E-state index >= 15 is 0 Å². The van der Waals surface area contributed by atoms with E-state index in [1.807, 2.05) is 13.8 Å². The summed E-state index contributed by atoms with van der Waals surface area (Å²) in [5.41, 5.74) is 0. The first-order valence-electron chi connectivity index (χ1n) is 10.9. The number of unbranched alkanes of at least 4 members (excludes halogenated alkanes) is 1. The first-order valence-corrected chi connectivity index (χ1v) is 10.9. The highest BCUT2D eigenvalue weighted by atomic mass is 16.8. The van der Waals surface area contributed by atoms with Crippen LogP contribution < -0.4 is 0 Å². The molecule has 0 saturated carbocycles. The van der Waals surface area contributed by atoms with Crippen molar-refractivity contribution in [2.45, 2.75) is 94.3 Å². The Bertz CT molecular complexity index is 591. The fraction of sp³-hybridized carbons (Fsp3) is 0.950. The van der Waals surface area contributed by atoms with Gasteiger partial charge >= 0.3 is 5.97 Å². The van der Waals surface area contributed by atoms with Crippen molar-refractivity contribution < 1.29 is 59.5 Å². The van der Waals surface area contributed by atoms with Crippen LogP contribution in [-0.2, 0) is 23.7 Å². The quantitative estimate of drug-likeness (QED) is 0.156. The van der Waals surface area contributed by atoms with Crippen LogP contribution in [0.2, 0.25) is 0 Å². The van der Waals surface area contributed by atoms with Crippen molar-refractivity contribution in [3.05, 3.63) is 0 Å². The number of carbonyl (C=O) groups excluding carboxylic acids is 1. The highest BCUT2D eigenvalue weighted by molar-refractivity contribution is 5.72. The van der Waals surface area contributed by atoms with Crippen molar-refractivity contribution in [3.8, 4) is 0 Å². The second-order valence-electron chi connectivity index (χ2n) is 8.25. The monoisotopic (exact) mass is 468 g/mol. The lowest BCUT2D eigenvalue weighted by atomic mass is 9.98. The lowest BCUT2D eigenvalue weighted by molar-refractivity contribution is -0.383. The van der Waals surface area contributed by atoms with E-state index < -0.39 is 80.6 Å². The highest BCUT2D eigenvalue weighted by Gasteiger charge is 2.58. The van der Waals surface area contributed by atoms with Gasteiger partial charge in [0.25, 0.3) is 0 Å². The van der Waals surface area contributed by atoms with Gasteiger partial charge in [0.15, 0.2) is 6.29 Å². The average molecular weight is 468 g/mol. The van der Waals surface area contributed by atoms with Crippen molar-refractivity contribution in [2.24, 2.45) is 5.92 Å². The molecule has 0 amide bonds. The summed E-state index contributed by atoms with van der Waals surface area (Å²) in [5, 5.41) is 70.0. The third kappa shape index (κ3) is 5.76. The predicted molar refractivity (Wildman–Crippen MR) is 106 cm³/mol. The molecule has 0 radical (unpaired) electrons. The highest BCUT2D eigenvalue weighted by Crippen LogP contribution is 2.36. The van der Waals surface area contributed by atoms with Crippen molar-refractivity contribution in [1.82, 2.24) is 0 Å². The third-order valence-corrected chi connectivity index (χ3v) is 6.01. The summed E-state index contributed by atoms with van der Waals surface area (Å²) in [5.74, 6) is -3.07. The zero-order chi connectivity index (χ0) is 24.1. The maximum atomic E-state index is 12.3. The normalized spacial score (nSPS) is 40.9. The molecule has 0 aromatic carbocycles. The first kappa shape index (κ1) is 27.3. The molecule has 0 aromatic rings. The molecule has 2 aliphatic rings. The molecule has 2 rings (SSSR count). The van der Waals surface area contributed by atoms with Gasteiger partial charge in [-0.2, -0.15) is 0 Å². The molecule has 0 spiro atoms. The molecule has 188 valence electrons. The van der Waals surface area contributed by atoms with E-state index in [1.165, 1.54) is 0 Å². The zero-order valence-electron chi connectivity index (χ0n) is 18.3. The minimum atomic E-state index is -2.27. The standard InChI is InChI=1S/C20H36O12/c1-3-5-6-10(4-2)18(28)29-8-12-13(23)15(25)16(26)19(30-12)32-20(9-22)17(27)14(24)11(7-21)31-20/h10-17,19,21-27H,3-9H2,1-2H3/t10?,11-,12-,13-,14-,15+,16-,17+,19-,20+/m1/s1. The lowest BCUT2D eigenvalue weighted by Gasteiger charge is -2.43.